The Morgan fingerprint density at radius 1 is 0.439 bits per heavy atom. The number of ether oxygens (including phenoxy) is 4. The van der Waals surface area contributed by atoms with E-state index in [1.807, 2.05) is 6.08 Å². The fourth-order valence-electron chi connectivity index (χ4n) is 10.5. The molecule has 0 aromatic rings. The van der Waals surface area contributed by atoms with E-state index in [9.17, 15) is 45.6 Å². The second-order valence-corrected chi connectivity index (χ2v) is 23.2. The Labute approximate surface area is 498 Å². The van der Waals surface area contributed by atoms with E-state index in [0.29, 0.717) is 12.8 Å². The quantitative estimate of drug-likeness (QED) is 0.0204. The summed E-state index contributed by atoms with van der Waals surface area (Å²) in [5.74, 6) is -0.254. The van der Waals surface area contributed by atoms with Gasteiger partial charge in [-0.05, 0) is 83.5 Å². The first-order chi connectivity index (χ1) is 40.1. The first-order valence-electron chi connectivity index (χ1n) is 33.2. The molecule has 0 aromatic carbocycles. The van der Waals surface area contributed by atoms with Crippen molar-refractivity contribution in [1.82, 2.24) is 5.32 Å². The van der Waals surface area contributed by atoms with E-state index in [1.165, 1.54) is 167 Å². The Balaban J connectivity index is 1.71. The van der Waals surface area contributed by atoms with Crippen LogP contribution in [0.2, 0.25) is 0 Å². The van der Waals surface area contributed by atoms with Gasteiger partial charge in [-0.1, -0.05) is 241 Å². The van der Waals surface area contributed by atoms with Crippen molar-refractivity contribution in [2.75, 3.05) is 19.8 Å². The Morgan fingerprint density at radius 3 is 1.28 bits per heavy atom. The van der Waals surface area contributed by atoms with Gasteiger partial charge < -0.3 is 65.1 Å². The predicted octanol–water partition coefficient (Wildman–Crippen LogP) is 12.7. The van der Waals surface area contributed by atoms with Crippen LogP contribution in [0.25, 0.3) is 0 Å². The third kappa shape index (κ3) is 37.1. The van der Waals surface area contributed by atoms with Gasteiger partial charge in [-0.15, -0.1) is 0 Å². The Morgan fingerprint density at radius 2 is 0.817 bits per heavy atom. The SMILES string of the molecule is CCCCCCC/C=C\C/C=C\C/C=C\CCCCCCCCCCCCCCCCC(=O)NC(COC1OC(CO)C(OC2OC(CO)C(O)C(O)C2O)C(O)C1O)C(O)/C=C/CC/C=C/CC/C=C/CCCCCCCCCCC. The number of unbranched alkanes of at least 4 members (excludes halogenated alkanes) is 30. The molecule has 0 radical (unpaired) electrons. The van der Waals surface area contributed by atoms with Crippen molar-refractivity contribution in [2.45, 2.75) is 331 Å². The Kier molecular flexibility index (Phi) is 48.6. The van der Waals surface area contributed by atoms with Crippen LogP contribution < -0.4 is 5.32 Å². The van der Waals surface area contributed by atoms with E-state index in [1.54, 1.807) is 6.08 Å². The maximum atomic E-state index is 13.3. The molecule has 0 spiro atoms. The van der Waals surface area contributed by atoms with Crippen LogP contribution in [-0.2, 0) is 23.7 Å². The van der Waals surface area contributed by atoms with E-state index in [0.717, 1.165) is 57.8 Å². The molecule has 82 heavy (non-hydrogen) atoms. The standard InChI is InChI=1S/C68H121NO13/c1-3-5-7-9-11-13-15-17-19-21-23-24-25-26-27-28-29-30-31-32-34-36-38-40-42-44-46-48-50-52-60(73)69-56(57(72)51-49-47-45-43-41-39-37-35-33-22-20-18-16-14-12-10-8-6-4-2)55-79-67-65(78)63(76)66(59(54-71)81-67)82-68-64(77)62(75)61(74)58(53-70)80-68/h15,17,21,23,25-26,33,35,41,43,49,51,56-59,61-68,70-72,74-78H,3-14,16,18-20,22,24,27-32,34,36-40,42,44-48,50,52-55H2,1-2H3,(H,69,73)/b17-15-,23-21-,26-25-,35-33+,43-41+,51-49+. The van der Waals surface area contributed by atoms with Gasteiger partial charge in [0.2, 0.25) is 5.91 Å². The molecule has 0 saturated carbocycles. The van der Waals surface area contributed by atoms with Crippen LogP contribution in [-0.4, -0.2) is 140 Å². The van der Waals surface area contributed by atoms with Gasteiger partial charge in [0.15, 0.2) is 12.6 Å². The Bertz CT molecular complexity index is 1650. The fourth-order valence-corrected chi connectivity index (χ4v) is 10.5. The largest absolute Gasteiger partial charge is 0.394 e. The lowest BCUT2D eigenvalue weighted by Gasteiger charge is -2.46. The molecule has 1 amide bonds. The molecular weight excluding hydrogens is 1040 g/mol. The first-order valence-corrected chi connectivity index (χ1v) is 33.2. The highest BCUT2D eigenvalue weighted by Gasteiger charge is 2.51. The van der Waals surface area contributed by atoms with Gasteiger partial charge >= 0.3 is 0 Å². The third-order valence-electron chi connectivity index (χ3n) is 15.8. The van der Waals surface area contributed by atoms with E-state index in [2.05, 4.69) is 79.9 Å². The van der Waals surface area contributed by atoms with Crippen LogP contribution in [0.3, 0.4) is 0 Å². The normalized spacial score (nSPS) is 24.4. The molecule has 0 bridgehead atoms. The second-order valence-electron chi connectivity index (χ2n) is 23.2. The number of rotatable bonds is 53. The van der Waals surface area contributed by atoms with Crippen molar-refractivity contribution in [3.05, 3.63) is 72.9 Å². The summed E-state index contributed by atoms with van der Waals surface area (Å²) in [4.78, 5) is 13.3. The average molecular weight is 1160 g/mol. The summed E-state index contributed by atoms with van der Waals surface area (Å²) in [6, 6.07) is -0.942. The molecule has 9 N–H and O–H groups in total. The highest BCUT2D eigenvalue weighted by molar-refractivity contribution is 5.76. The van der Waals surface area contributed by atoms with Crippen molar-refractivity contribution >= 4 is 5.91 Å². The van der Waals surface area contributed by atoms with Gasteiger partial charge in [-0.3, -0.25) is 4.79 Å². The minimum Gasteiger partial charge on any atom is -0.394 e. The average Bonchev–Trinajstić information content (AvgIpc) is 3.65. The van der Waals surface area contributed by atoms with Crippen LogP contribution in [0, 0.1) is 0 Å². The number of carbonyl (C=O) groups excluding carboxylic acids is 1. The summed E-state index contributed by atoms with van der Waals surface area (Å²) in [6.07, 6.45) is 53.7. The predicted molar refractivity (Wildman–Crippen MR) is 332 cm³/mol. The van der Waals surface area contributed by atoms with Crippen LogP contribution in [0.15, 0.2) is 72.9 Å². The molecule has 0 aliphatic carbocycles. The molecule has 2 saturated heterocycles. The van der Waals surface area contributed by atoms with Crippen molar-refractivity contribution in [3.63, 3.8) is 0 Å². The number of hydrogen-bond acceptors (Lipinski definition) is 13. The molecular formula is C68H121NO13. The number of nitrogens with one attached hydrogen (secondary N) is 1. The van der Waals surface area contributed by atoms with E-state index < -0.39 is 86.8 Å². The summed E-state index contributed by atoms with van der Waals surface area (Å²) in [5.41, 5.74) is 0. The monoisotopic (exact) mass is 1160 g/mol. The molecule has 2 heterocycles. The van der Waals surface area contributed by atoms with Crippen LogP contribution in [0.4, 0.5) is 0 Å². The molecule has 2 fully saturated rings. The summed E-state index contributed by atoms with van der Waals surface area (Å²) in [6.45, 7) is 2.77. The summed E-state index contributed by atoms with van der Waals surface area (Å²) in [7, 11) is 0. The van der Waals surface area contributed by atoms with Gasteiger partial charge in [0.05, 0.1) is 32.0 Å². The van der Waals surface area contributed by atoms with Gasteiger partial charge in [-0.25, -0.2) is 0 Å². The molecule has 2 rings (SSSR count). The zero-order chi connectivity index (χ0) is 59.5. The second kappa shape index (κ2) is 52.7. The number of amides is 1. The lowest BCUT2D eigenvalue weighted by Crippen LogP contribution is -2.65. The smallest absolute Gasteiger partial charge is 0.220 e. The van der Waals surface area contributed by atoms with Gasteiger partial charge in [0.1, 0.15) is 48.8 Å². The zero-order valence-electron chi connectivity index (χ0n) is 51.5. The fraction of sp³-hybridized carbons (Fsp3) is 0.809. The maximum Gasteiger partial charge on any atom is 0.220 e. The highest BCUT2D eigenvalue weighted by Crippen LogP contribution is 2.30. The van der Waals surface area contributed by atoms with E-state index in [4.69, 9.17) is 18.9 Å². The van der Waals surface area contributed by atoms with Crippen molar-refractivity contribution in [2.24, 2.45) is 0 Å². The number of hydrogen-bond donors (Lipinski definition) is 9. The van der Waals surface area contributed by atoms with Crippen LogP contribution in [0.5, 0.6) is 0 Å². The lowest BCUT2D eigenvalue weighted by molar-refractivity contribution is -0.359. The molecule has 476 valence electrons. The maximum absolute atomic E-state index is 13.3. The molecule has 12 atom stereocenters. The number of allylic oxidation sites excluding steroid dienone is 11. The van der Waals surface area contributed by atoms with Crippen molar-refractivity contribution in [1.29, 1.82) is 0 Å². The third-order valence-corrected chi connectivity index (χ3v) is 15.8. The van der Waals surface area contributed by atoms with Gasteiger partial charge in [0.25, 0.3) is 0 Å². The van der Waals surface area contributed by atoms with Crippen molar-refractivity contribution in [3.8, 4) is 0 Å². The molecule has 2 aliphatic heterocycles. The van der Waals surface area contributed by atoms with Gasteiger partial charge in [-0.2, -0.15) is 0 Å². The van der Waals surface area contributed by atoms with Crippen LogP contribution >= 0.6 is 0 Å². The van der Waals surface area contributed by atoms with E-state index >= 15 is 0 Å². The molecule has 14 heteroatoms. The van der Waals surface area contributed by atoms with E-state index in [-0.39, 0.29) is 18.9 Å². The minimum absolute atomic E-state index is 0.254. The summed E-state index contributed by atoms with van der Waals surface area (Å²) in [5, 5.41) is 87.2. The lowest BCUT2D eigenvalue weighted by atomic mass is 9.97. The number of aliphatic hydroxyl groups excluding tert-OH is 8. The minimum atomic E-state index is -1.80. The highest BCUT2D eigenvalue weighted by atomic mass is 16.7. The summed E-state index contributed by atoms with van der Waals surface area (Å²) < 4.78 is 22.8. The van der Waals surface area contributed by atoms with Crippen LogP contribution in [0.1, 0.15) is 258 Å². The summed E-state index contributed by atoms with van der Waals surface area (Å²) >= 11 is 0. The van der Waals surface area contributed by atoms with Crippen molar-refractivity contribution < 1.29 is 64.6 Å². The zero-order valence-corrected chi connectivity index (χ0v) is 51.5. The molecule has 0 aromatic heterocycles. The number of aliphatic hydroxyl groups is 8. The molecule has 2 aliphatic rings. The molecule has 14 nitrogen and oxygen atoms in total. The topological polar surface area (TPSA) is 228 Å². The Hall–Kier alpha value is -2.57. The van der Waals surface area contributed by atoms with Gasteiger partial charge in [0, 0.05) is 6.42 Å². The first kappa shape index (κ1) is 75.5. The number of carbonyl (C=O) groups is 1. The molecule has 12 unspecified atom stereocenters.